The first-order valence-corrected chi connectivity index (χ1v) is 13.5. The van der Waals surface area contributed by atoms with Crippen LogP contribution in [-0.2, 0) is 22.6 Å². The normalized spacial score (nSPS) is 12.7. The molecule has 2 atom stereocenters. The number of aromatic hydroxyl groups is 1. The van der Waals surface area contributed by atoms with E-state index in [9.17, 15) is 30.0 Å². The summed E-state index contributed by atoms with van der Waals surface area (Å²) >= 11 is 0. The molecule has 0 radical (unpaired) electrons. The van der Waals surface area contributed by atoms with Crippen molar-refractivity contribution < 1.29 is 34.8 Å². The first-order valence-electron chi connectivity index (χ1n) is 13.5. The Morgan fingerprint density at radius 1 is 1.03 bits per heavy atom. The molecule has 7 N–H and O–H groups in total. The Kier molecular flexibility index (Phi) is 14.3. The number of aryl methyl sites for hydroxylation is 1. The third kappa shape index (κ3) is 11.2. The van der Waals surface area contributed by atoms with Crippen LogP contribution in [-0.4, -0.2) is 64.8 Å². The quantitative estimate of drug-likeness (QED) is 0.146. The van der Waals surface area contributed by atoms with Crippen LogP contribution in [0.4, 0.5) is 10.5 Å². The second kappa shape index (κ2) is 17.4. The van der Waals surface area contributed by atoms with Crippen LogP contribution < -0.4 is 16.0 Å². The van der Waals surface area contributed by atoms with E-state index in [-0.39, 0.29) is 12.4 Å². The molecule has 216 valence electrons. The summed E-state index contributed by atoms with van der Waals surface area (Å²) in [4.78, 5) is 24.2. The van der Waals surface area contributed by atoms with Crippen LogP contribution in [0.15, 0.2) is 42.5 Å². The lowest BCUT2D eigenvalue weighted by Gasteiger charge is -2.25. The van der Waals surface area contributed by atoms with E-state index in [1.165, 1.54) is 13.0 Å². The molecule has 1 unspecified atom stereocenters. The number of ether oxygens (including phenoxy) is 1. The van der Waals surface area contributed by atoms with E-state index in [4.69, 9.17) is 10.5 Å². The number of aliphatic carboxylic acids is 1. The number of aliphatic hydroxyl groups excluding tert-OH is 2. The molecule has 0 fully saturated rings. The number of urea groups is 1. The highest BCUT2D eigenvalue weighted by Crippen LogP contribution is 2.22. The lowest BCUT2D eigenvalue weighted by molar-refractivity contribution is -0.138. The monoisotopic (exact) mass is 545 g/mol. The predicted octanol–water partition coefficient (Wildman–Crippen LogP) is 3.47. The van der Waals surface area contributed by atoms with Gasteiger partial charge in [-0.05, 0) is 81.0 Å². The Hall–Kier alpha value is -3.18. The van der Waals surface area contributed by atoms with Gasteiger partial charge in [0.25, 0.3) is 0 Å². The van der Waals surface area contributed by atoms with Gasteiger partial charge in [-0.2, -0.15) is 0 Å². The lowest BCUT2D eigenvalue weighted by Crippen LogP contribution is -2.46. The molecule has 2 aromatic rings. The zero-order valence-electron chi connectivity index (χ0n) is 22.7. The average Bonchev–Trinajstić information content (AvgIpc) is 2.91. The minimum atomic E-state index is -1.12. The number of aliphatic hydroxyl groups is 2. The van der Waals surface area contributed by atoms with Gasteiger partial charge in [0.15, 0.2) is 0 Å². The van der Waals surface area contributed by atoms with Gasteiger partial charge in [0.2, 0.25) is 0 Å². The molecule has 2 aromatic carbocycles. The predicted molar refractivity (Wildman–Crippen MR) is 150 cm³/mol. The molecule has 10 nitrogen and oxygen atoms in total. The van der Waals surface area contributed by atoms with E-state index in [1.807, 2.05) is 6.07 Å². The highest BCUT2D eigenvalue weighted by molar-refractivity contribution is 5.97. The molecule has 10 heteroatoms. The Morgan fingerprint density at radius 3 is 2.44 bits per heavy atom. The van der Waals surface area contributed by atoms with Crippen molar-refractivity contribution in [2.24, 2.45) is 5.73 Å². The molecule has 0 aliphatic heterocycles. The number of hydrogen-bond acceptors (Lipinski definition) is 7. The number of benzene rings is 2. The molecule has 0 aliphatic carbocycles. The van der Waals surface area contributed by atoms with Gasteiger partial charge in [0, 0.05) is 31.0 Å². The van der Waals surface area contributed by atoms with E-state index in [0.717, 1.165) is 68.6 Å². The Balaban J connectivity index is 1.51. The number of carboxylic acids is 1. The van der Waals surface area contributed by atoms with E-state index in [2.05, 4.69) is 5.32 Å². The highest BCUT2D eigenvalue weighted by Gasteiger charge is 2.25. The molecule has 2 amide bonds. The van der Waals surface area contributed by atoms with Gasteiger partial charge in [-0.1, -0.05) is 31.0 Å². The number of hydrogen-bond donors (Lipinski definition) is 6. The number of nitrogens with zero attached hydrogens (tertiary/aromatic N) is 1. The van der Waals surface area contributed by atoms with Crippen molar-refractivity contribution >= 4 is 17.7 Å². The standard InChI is InChI=1S/C29H43N3O7/c1-21(28(36)37)32(29(30)38)25-11-8-10-22(17-25)9-4-7-16-39-15-6-3-2-5-14-31-19-27(35)23-12-13-26(34)24(18-23)20-33/h8,10-13,17-18,21,27,31,33-35H,2-7,9,14-16,19-20H2,1H3,(H2,30,38)(H,36,37)/t21?,27-/m0/s1. The number of primary amides is 1. The van der Waals surface area contributed by atoms with Crippen molar-refractivity contribution in [3.8, 4) is 5.75 Å². The summed E-state index contributed by atoms with van der Waals surface area (Å²) in [5.74, 6) is -1.09. The Labute approximate surface area is 230 Å². The maximum Gasteiger partial charge on any atom is 0.326 e. The second-order valence-electron chi connectivity index (χ2n) is 9.64. The van der Waals surface area contributed by atoms with Crippen molar-refractivity contribution in [2.45, 2.75) is 70.6 Å². The van der Waals surface area contributed by atoms with Crippen LogP contribution in [0.25, 0.3) is 0 Å². The molecule has 0 saturated heterocycles. The van der Waals surface area contributed by atoms with Crippen molar-refractivity contribution in [1.29, 1.82) is 0 Å². The number of amides is 2. The molecule has 0 saturated carbocycles. The zero-order chi connectivity index (χ0) is 28.6. The summed E-state index contributed by atoms with van der Waals surface area (Å²) in [6, 6.07) is 10.1. The number of carbonyl (C=O) groups excluding carboxylic acids is 1. The van der Waals surface area contributed by atoms with Gasteiger partial charge in [0.05, 0.1) is 12.7 Å². The van der Waals surface area contributed by atoms with Crippen LogP contribution in [0.3, 0.4) is 0 Å². The summed E-state index contributed by atoms with van der Waals surface area (Å²) in [6.45, 7) is 3.77. The summed E-state index contributed by atoms with van der Waals surface area (Å²) in [7, 11) is 0. The van der Waals surface area contributed by atoms with Crippen LogP contribution in [0.5, 0.6) is 5.75 Å². The molecule has 0 aromatic heterocycles. The van der Waals surface area contributed by atoms with Crippen LogP contribution in [0.2, 0.25) is 0 Å². The Morgan fingerprint density at radius 2 is 1.74 bits per heavy atom. The number of carboxylic acid groups (broad SMARTS) is 1. The van der Waals surface area contributed by atoms with Gasteiger partial charge in [-0.3, -0.25) is 4.90 Å². The summed E-state index contributed by atoms with van der Waals surface area (Å²) < 4.78 is 5.74. The van der Waals surface area contributed by atoms with E-state index < -0.39 is 24.1 Å². The molecule has 0 bridgehead atoms. The van der Waals surface area contributed by atoms with Gasteiger partial charge in [-0.25, -0.2) is 9.59 Å². The van der Waals surface area contributed by atoms with Crippen molar-refractivity contribution in [2.75, 3.05) is 31.2 Å². The Bertz CT molecular complexity index is 1030. The van der Waals surface area contributed by atoms with Crippen LogP contribution in [0.1, 0.15) is 68.2 Å². The largest absolute Gasteiger partial charge is 0.508 e. The third-order valence-electron chi connectivity index (χ3n) is 6.56. The number of carbonyl (C=O) groups is 2. The third-order valence-corrected chi connectivity index (χ3v) is 6.56. The fourth-order valence-electron chi connectivity index (χ4n) is 4.25. The van der Waals surface area contributed by atoms with E-state index >= 15 is 0 Å². The number of rotatable bonds is 19. The van der Waals surface area contributed by atoms with Crippen molar-refractivity contribution in [1.82, 2.24) is 5.32 Å². The second-order valence-corrected chi connectivity index (χ2v) is 9.64. The number of nitrogens with one attached hydrogen (secondary N) is 1. The van der Waals surface area contributed by atoms with Crippen molar-refractivity contribution in [3.05, 3.63) is 59.2 Å². The highest BCUT2D eigenvalue weighted by atomic mass is 16.5. The summed E-state index contributed by atoms with van der Waals surface area (Å²) in [5.41, 5.74) is 7.96. The smallest absolute Gasteiger partial charge is 0.326 e. The van der Waals surface area contributed by atoms with E-state index in [1.54, 1.807) is 30.3 Å². The number of nitrogens with two attached hydrogens (primary N) is 1. The van der Waals surface area contributed by atoms with Gasteiger partial charge in [-0.15, -0.1) is 0 Å². The molecule has 2 rings (SSSR count). The molecule has 39 heavy (non-hydrogen) atoms. The first-order chi connectivity index (χ1) is 18.7. The zero-order valence-corrected chi connectivity index (χ0v) is 22.7. The van der Waals surface area contributed by atoms with Crippen molar-refractivity contribution in [3.63, 3.8) is 0 Å². The lowest BCUT2D eigenvalue weighted by atomic mass is 10.1. The van der Waals surface area contributed by atoms with Crippen LogP contribution >= 0.6 is 0 Å². The molecule has 0 aliphatic rings. The summed E-state index contributed by atoms with van der Waals surface area (Å²) in [6.07, 6.45) is 6.05. The first kappa shape index (κ1) is 32.0. The fourth-order valence-corrected chi connectivity index (χ4v) is 4.25. The molecular formula is C29H43N3O7. The maximum absolute atomic E-state index is 11.8. The SMILES string of the molecule is CC(C(=O)O)N(C(N)=O)c1cccc(CCCCOCCCCCCNC[C@H](O)c2ccc(O)c(CO)c2)c1. The summed E-state index contributed by atoms with van der Waals surface area (Å²) in [5, 5.41) is 41.6. The minimum absolute atomic E-state index is 0.0247. The minimum Gasteiger partial charge on any atom is -0.508 e. The van der Waals surface area contributed by atoms with Crippen LogP contribution in [0, 0.1) is 0 Å². The van der Waals surface area contributed by atoms with Gasteiger partial charge >= 0.3 is 12.0 Å². The topological polar surface area (TPSA) is 166 Å². The van der Waals surface area contributed by atoms with E-state index in [0.29, 0.717) is 30.0 Å². The van der Waals surface area contributed by atoms with Gasteiger partial charge < -0.3 is 36.2 Å². The average molecular weight is 546 g/mol. The number of anilines is 1. The maximum atomic E-state index is 11.8. The molecule has 0 heterocycles. The fraction of sp³-hybridized carbons (Fsp3) is 0.517. The molecule has 0 spiro atoms. The number of phenols is 1. The number of unbranched alkanes of at least 4 members (excludes halogenated alkanes) is 4. The molecular weight excluding hydrogens is 502 g/mol. The van der Waals surface area contributed by atoms with Gasteiger partial charge in [0.1, 0.15) is 11.8 Å².